The smallest absolute Gasteiger partial charge is 0.462 e. The molecule has 0 spiro atoms. The van der Waals surface area contributed by atoms with Gasteiger partial charge in [-0.2, -0.15) is 0 Å². The summed E-state index contributed by atoms with van der Waals surface area (Å²) in [6.07, 6.45) is 36.6. The van der Waals surface area contributed by atoms with Gasteiger partial charge in [-0.15, -0.1) is 0 Å². The first-order chi connectivity index (χ1) is 35.8. The Balaban J connectivity index is 4.54. The van der Waals surface area contributed by atoms with Crippen LogP contribution in [0, 0.1) is 0 Å². The van der Waals surface area contributed by atoms with Crippen molar-refractivity contribution in [3.05, 3.63) is 12.2 Å². The summed E-state index contributed by atoms with van der Waals surface area (Å²) in [5, 5.41) is 11.7. The fourth-order valence-electron chi connectivity index (χ4n) is 8.28. The number of amides is 2. The summed E-state index contributed by atoms with van der Waals surface area (Å²) in [5.41, 5.74) is 0. The average Bonchev–Trinajstić information content (AvgIpc) is 3.35. The van der Waals surface area contributed by atoms with E-state index >= 15 is 0 Å². The van der Waals surface area contributed by atoms with Gasteiger partial charge in [-0.05, 0) is 64.2 Å². The van der Waals surface area contributed by atoms with Gasteiger partial charge in [0.25, 0.3) is 5.08 Å². The third kappa shape index (κ3) is 43.5. The first-order valence-electron chi connectivity index (χ1n) is 28.8. The van der Waals surface area contributed by atoms with Crippen LogP contribution in [0.4, 0.5) is 0 Å². The van der Waals surface area contributed by atoms with Gasteiger partial charge < -0.3 is 49.7 Å². The summed E-state index contributed by atoms with van der Waals surface area (Å²) in [5.74, 6) is -1.48. The van der Waals surface area contributed by atoms with Crippen LogP contribution in [-0.2, 0) is 51.4 Å². The molecule has 0 fully saturated rings. The van der Waals surface area contributed by atoms with E-state index in [4.69, 9.17) is 18.5 Å². The second-order valence-corrected chi connectivity index (χ2v) is 25.5. The summed E-state index contributed by atoms with van der Waals surface area (Å²) in [6.45, 7) is 3.33. The highest BCUT2D eigenvalue weighted by atomic mass is 31.2. The number of allylic oxidation sites excluding steroid dienone is 2. The number of phosphoric acid groups is 1. The van der Waals surface area contributed by atoms with E-state index in [2.05, 4.69) is 24.5 Å². The molecule has 0 aromatic carbocycles. The molecule has 2 amide bonds. The number of rotatable bonds is 54. The van der Waals surface area contributed by atoms with Gasteiger partial charge in [0.05, 0.1) is 13.2 Å². The number of phosphoric ester groups is 1. The number of carbonyl (C=O) groups excluding carboxylic acids is 4. The summed E-state index contributed by atoms with van der Waals surface area (Å²) < 4.78 is 56.8. The zero-order valence-electron chi connectivity index (χ0n) is 46.2. The molecule has 442 valence electrons. The van der Waals surface area contributed by atoms with Gasteiger partial charge in [0, 0.05) is 38.8 Å². The molecule has 2 atom stereocenters. The fraction of sp³-hybridized carbons (Fsp3) is 0.887. The van der Waals surface area contributed by atoms with Gasteiger partial charge in [0.2, 0.25) is 11.8 Å². The lowest BCUT2D eigenvalue weighted by atomic mass is 10.0. The van der Waals surface area contributed by atoms with Gasteiger partial charge >= 0.3 is 35.0 Å². The Morgan fingerprint density at radius 1 is 0.467 bits per heavy atom. The molecular formula is C53H103N2O17P3. The molecule has 22 heteroatoms. The van der Waals surface area contributed by atoms with Gasteiger partial charge in [0.1, 0.15) is 6.61 Å². The number of aliphatic hydroxyl groups is 1. The molecule has 0 aromatic rings. The Morgan fingerprint density at radius 3 is 1.33 bits per heavy atom. The molecule has 0 bridgehead atoms. The zero-order chi connectivity index (χ0) is 55.9. The highest BCUT2D eigenvalue weighted by Crippen LogP contribution is 2.69. The lowest BCUT2D eigenvalue weighted by molar-refractivity contribution is -0.161. The first-order valence-corrected chi connectivity index (χ1v) is 33.5. The van der Waals surface area contributed by atoms with Crippen molar-refractivity contribution in [2.75, 3.05) is 32.9 Å². The molecule has 0 rings (SSSR count). The van der Waals surface area contributed by atoms with Crippen molar-refractivity contribution in [1.29, 1.82) is 0 Å². The van der Waals surface area contributed by atoms with Crippen molar-refractivity contribution >= 4 is 46.8 Å². The van der Waals surface area contributed by atoms with Crippen LogP contribution < -0.4 is 10.6 Å². The van der Waals surface area contributed by atoms with Crippen molar-refractivity contribution < 1.29 is 81.0 Å². The molecule has 0 saturated carbocycles. The van der Waals surface area contributed by atoms with E-state index < -0.39 is 59.2 Å². The maximum Gasteiger partial charge on any atom is 0.472 e. The number of unbranched alkanes of at least 4 members (excludes halogenated alkanes) is 28. The zero-order valence-corrected chi connectivity index (χ0v) is 48.8. The van der Waals surface area contributed by atoms with Crippen LogP contribution in [0.3, 0.4) is 0 Å². The van der Waals surface area contributed by atoms with E-state index in [0.29, 0.717) is 38.5 Å². The molecule has 0 aliphatic rings. The standard InChI is InChI=1S/C53H103N2O17P3/c1-3-5-7-9-11-13-15-17-19-21-26-30-34-40-51(58)69-46-48(72-52(59)41-35-31-27-22-20-18-16-14-12-10-8-6-4-2)47-71-75(67,68)70-45-44-55-50(57)39-33-29-25-23-24-28-32-38-49(56)54-43-37-36-42-53(60,73(61,62)63)74(64,65)66/h23,25,48,60H,3-22,24,26-47H2,1-2H3,(H,54,56)(H,55,57)(H,67,68)(H2,61,62,63)(H2,64,65,66)/b25-23+. The molecule has 0 aliphatic carbocycles. The third-order valence-electron chi connectivity index (χ3n) is 13.0. The van der Waals surface area contributed by atoms with Crippen LogP contribution in [0.5, 0.6) is 0 Å². The van der Waals surface area contributed by atoms with Gasteiger partial charge in [-0.25, -0.2) is 4.57 Å². The average molecular weight is 1130 g/mol. The summed E-state index contributed by atoms with van der Waals surface area (Å²) in [4.78, 5) is 96.9. The normalized spacial score (nSPS) is 13.4. The van der Waals surface area contributed by atoms with E-state index in [0.717, 1.165) is 44.9 Å². The lowest BCUT2D eigenvalue weighted by Gasteiger charge is -2.29. The molecule has 0 aromatic heterocycles. The summed E-state index contributed by atoms with van der Waals surface area (Å²) in [7, 11) is -15.6. The Hall–Kier alpha value is -2.01. The quantitative estimate of drug-likeness (QED) is 0.0121. The highest BCUT2D eigenvalue weighted by Gasteiger charge is 2.58. The molecule has 8 N–H and O–H groups in total. The van der Waals surface area contributed by atoms with Crippen LogP contribution in [0.2, 0.25) is 0 Å². The number of esters is 2. The fourth-order valence-corrected chi connectivity index (χ4v) is 11.3. The molecule has 75 heavy (non-hydrogen) atoms. The van der Waals surface area contributed by atoms with Crippen molar-refractivity contribution in [1.82, 2.24) is 10.6 Å². The predicted molar refractivity (Wildman–Crippen MR) is 294 cm³/mol. The Morgan fingerprint density at radius 2 is 0.867 bits per heavy atom. The lowest BCUT2D eigenvalue weighted by Crippen LogP contribution is -2.30. The maximum atomic E-state index is 12.8. The highest BCUT2D eigenvalue weighted by molar-refractivity contribution is 7.72. The maximum absolute atomic E-state index is 12.8. The van der Waals surface area contributed by atoms with Crippen LogP contribution in [-0.4, -0.2) is 97.4 Å². The number of ether oxygens (including phenoxy) is 2. The van der Waals surface area contributed by atoms with Crippen LogP contribution >= 0.6 is 23.0 Å². The van der Waals surface area contributed by atoms with Crippen LogP contribution in [0.1, 0.15) is 258 Å². The Labute approximate surface area is 450 Å². The van der Waals surface area contributed by atoms with Crippen molar-refractivity contribution in [3.63, 3.8) is 0 Å². The van der Waals surface area contributed by atoms with E-state index in [9.17, 15) is 62.4 Å². The first kappa shape index (κ1) is 73.0. The van der Waals surface area contributed by atoms with Crippen molar-refractivity contribution in [2.24, 2.45) is 0 Å². The molecule has 2 unspecified atom stereocenters. The predicted octanol–water partition coefficient (Wildman–Crippen LogP) is 12.2. The third-order valence-corrected chi connectivity index (χ3v) is 17.8. The molecule has 0 aliphatic heterocycles. The number of hydrogen-bond donors (Lipinski definition) is 8. The van der Waals surface area contributed by atoms with E-state index in [-0.39, 0.29) is 76.6 Å². The second-order valence-electron chi connectivity index (χ2n) is 20.0. The minimum absolute atomic E-state index is 0.0545. The second kappa shape index (κ2) is 46.9. The summed E-state index contributed by atoms with van der Waals surface area (Å²) in [6, 6.07) is 0. The monoisotopic (exact) mass is 1130 g/mol. The minimum Gasteiger partial charge on any atom is -0.462 e. The Bertz CT molecular complexity index is 1620. The number of nitrogens with one attached hydrogen (secondary N) is 2. The summed E-state index contributed by atoms with van der Waals surface area (Å²) >= 11 is 0. The van der Waals surface area contributed by atoms with E-state index in [1.54, 1.807) is 0 Å². The van der Waals surface area contributed by atoms with Crippen molar-refractivity contribution in [3.8, 4) is 0 Å². The number of carbonyl (C=O) groups is 4. The molecule has 19 nitrogen and oxygen atoms in total. The number of hydrogen-bond acceptors (Lipinski definition) is 12. The minimum atomic E-state index is -5.51. The molecule has 0 heterocycles. The SMILES string of the molecule is CCCCCCCCCCCCCCCC(=O)OCC(COP(=O)(O)OCCNC(=O)CCC/C=C/CCCCC(=O)NCCCCC(O)(P(=O)(O)O)P(=O)(O)O)OC(=O)CCCCCCCCCCCCCCC. The molecule has 0 saturated heterocycles. The van der Waals surface area contributed by atoms with Crippen molar-refractivity contribution in [2.45, 2.75) is 269 Å². The van der Waals surface area contributed by atoms with E-state index in [1.165, 1.54) is 116 Å². The molecular weight excluding hydrogens is 1030 g/mol. The van der Waals surface area contributed by atoms with Gasteiger partial charge in [-0.3, -0.25) is 37.4 Å². The van der Waals surface area contributed by atoms with E-state index in [1.807, 2.05) is 12.2 Å². The van der Waals surface area contributed by atoms with Crippen LogP contribution in [0.15, 0.2) is 12.2 Å². The topological polar surface area (TPSA) is 302 Å². The Kier molecular flexibility index (Phi) is 45.6. The van der Waals surface area contributed by atoms with Gasteiger partial charge in [0.15, 0.2) is 6.10 Å². The molecule has 0 radical (unpaired) electrons. The van der Waals surface area contributed by atoms with Gasteiger partial charge in [-0.1, -0.05) is 180 Å². The van der Waals surface area contributed by atoms with Crippen LogP contribution in [0.25, 0.3) is 0 Å². The largest absolute Gasteiger partial charge is 0.472 e.